The van der Waals surface area contributed by atoms with E-state index in [9.17, 15) is 9.90 Å². The van der Waals surface area contributed by atoms with E-state index in [2.05, 4.69) is 10.3 Å². The number of amides is 1. The van der Waals surface area contributed by atoms with Gasteiger partial charge in [-0.3, -0.25) is 9.78 Å². The third-order valence-corrected chi connectivity index (χ3v) is 5.22. The number of benzene rings is 3. The zero-order chi connectivity index (χ0) is 22.5. The van der Waals surface area contributed by atoms with Crippen LogP contribution in [0.3, 0.4) is 0 Å². The van der Waals surface area contributed by atoms with Crippen LogP contribution in [0.5, 0.6) is 17.2 Å². The fraction of sp³-hybridized carbons (Fsp3) is 0.154. The second kappa shape index (κ2) is 9.39. The van der Waals surface area contributed by atoms with Gasteiger partial charge in [0.15, 0.2) is 0 Å². The van der Waals surface area contributed by atoms with Gasteiger partial charge in [-0.25, -0.2) is 0 Å². The molecule has 1 heterocycles. The van der Waals surface area contributed by atoms with Crippen LogP contribution in [0.1, 0.15) is 34.5 Å². The standard InChI is InChI=1S/C26H24N2O4/c1-3-32-20-12-9-18(10-13-20)23(28-26(30)19-6-4-8-21(16-19)31-2)22-14-11-17-7-5-15-27-24(17)25(22)29/h4-16,23,29H,3H2,1-2H3,(H,28,30). The van der Waals surface area contributed by atoms with Crippen molar-refractivity contribution in [2.75, 3.05) is 13.7 Å². The third-order valence-electron chi connectivity index (χ3n) is 5.22. The Morgan fingerprint density at radius 3 is 2.59 bits per heavy atom. The third kappa shape index (κ3) is 4.34. The highest BCUT2D eigenvalue weighted by molar-refractivity contribution is 5.95. The van der Waals surface area contributed by atoms with E-state index in [1.165, 1.54) is 0 Å². The molecule has 0 aliphatic heterocycles. The fourth-order valence-corrected chi connectivity index (χ4v) is 3.62. The Labute approximate surface area is 186 Å². The molecule has 6 heteroatoms. The maximum atomic E-state index is 13.1. The Morgan fingerprint density at radius 1 is 1.03 bits per heavy atom. The number of ether oxygens (including phenoxy) is 2. The first-order valence-electron chi connectivity index (χ1n) is 10.3. The molecule has 0 spiro atoms. The van der Waals surface area contributed by atoms with E-state index < -0.39 is 6.04 Å². The van der Waals surface area contributed by atoms with Crippen molar-refractivity contribution >= 4 is 16.8 Å². The van der Waals surface area contributed by atoms with E-state index in [0.29, 0.717) is 29.0 Å². The molecule has 1 atom stereocenters. The number of methoxy groups -OCH3 is 1. The van der Waals surface area contributed by atoms with Crippen molar-refractivity contribution in [3.8, 4) is 17.2 Å². The van der Waals surface area contributed by atoms with Gasteiger partial charge in [-0.05, 0) is 48.9 Å². The Morgan fingerprint density at radius 2 is 1.84 bits per heavy atom. The summed E-state index contributed by atoms with van der Waals surface area (Å²) in [5, 5.41) is 14.9. The lowest BCUT2D eigenvalue weighted by Crippen LogP contribution is -2.29. The quantitative estimate of drug-likeness (QED) is 0.439. The Balaban J connectivity index is 1.76. The van der Waals surface area contributed by atoms with Crippen molar-refractivity contribution in [1.29, 1.82) is 0 Å². The van der Waals surface area contributed by atoms with Crippen molar-refractivity contribution in [1.82, 2.24) is 10.3 Å². The maximum Gasteiger partial charge on any atom is 0.252 e. The van der Waals surface area contributed by atoms with Crippen LogP contribution in [0.4, 0.5) is 0 Å². The number of hydrogen-bond acceptors (Lipinski definition) is 5. The molecular formula is C26H24N2O4. The molecule has 4 rings (SSSR count). The molecule has 3 aromatic carbocycles. The highest BCUT2D eigenvalue weighted by atomic mass is 16.5. The molecular weight excluding hydrogens is 404 g/mol. The molecule has 0 fully saturated rings. The molecule has 0 aliphatic rings. The first-order chi connectivity index (χ1) is 15.6. The number of nitrogens with one attached hydrogen (secondary N) is 1. The van der Waals surface area contributed by atoms with Crippen LogP contribution in [-0.4, -0.2) is 29.7 Å². The van der Waals surface area contributed by atoms with Gasteiger partial charge in [-0.2, -0.15) is 0 Å². The van der Waals surface area contributed by atoms with Crippen LogP contribution in [0.25, 0.3) is 10.9 Å². The predicted octanol–water partition coefficient (Wildman–Crippen LogP) is 4.87. The number of hydrogen-bond donors (Lipinski definition) is 2. The highest BCUT2D eigenvalue weighted by Crippen LogP contribution is 2.35. The number of aromatic nitrogens is 1. The number of phenolic OH excluding ortho intramolecular Hbond substituents is 1. The first kappa shape index (κ1) is 21.2. The van der Waals surface area contributed by atoms with Crippen LogP contribution < -0.4 is 14.8 Å². The van der Waals surface area contributed by atoms with Crippen molar-refractivity contribution in [3.05, 3.63) is 95.7 Å². The molecule has 1 aromatic heterocycles. The molecule has 4 aromatic rings. The number of nitrogens with zero attached hydrogens (tertiary/aromatic N) is 1. The summed E-state index contributed by atoms with van der Waals surface area (Å²) in [5.41, 5.74) is 2.29. The van der Waals surface area contributed by atoms with Gasteiger partial charge >= 0.3 is 0 Å². The smallest absolute Gasteiger partial charge is 0.252 e. The van der Waals surface area contributed by atoms with E-state index in [4.69, 9.17) is 9.47 Å². The summed E-state index contributed by atoms with van der Waals surface area (Å²) in [7, 11) is 1.56. The lowest BCUT2D eigenvalue weighted by molar-refractivity contribution is 0.0942. The fourth-order valence-electron chi connectivity index (χ4n) is 3.62. The average Bonchev–Trinajstić information content (AvgIpc) is 2.84. The Bertz CT molecular complexity index is 1240. The molecule has 2 N–H and O–H groups in total. The van der Waals surface area contributed by atoms with E-state index in [1.807, 2.05) is 55.5 Å². The van der Waals surface area contributed by atoms with Crippen LogP contribution in [-0.2, 0) is 0 Å². The molecule has 0 saturated heterocycles. The summed E-state index contributed by atoms with van der Waals surface area (Å²) in [6, 6.07) is 21.2. The Hall–Kier alpha value is -4.06. The minimum Gasteiger partial charge on any atom is -0.505 e. The van der Waals surface area contributed by atoms with Gasteiger partial charge < -0.3 is 19.9 Å². The normalized spacial score (nSPS) is 11.7. The summed E-state index contributed by atoms with van der Waals surface area (Å²) >= 11 is 0. The molecule has 0 aliphatic carbocycles. The van der Waals surface area contributed by atoms with Gasteiger partial charge in [0.25, 0.3) is 5.91 Å². The number of pyridine rings is 1. The highest BCUT2D eigenvalue weighted by Gasteiger charge is 2.23. The van der Waals surface area contributed by atoms with E-state index in [0.717, 1.165) is 16.7 Å². The number of carbonyl (C=O) groups excluding carboxylic acids is 1. The molecule has 0 saturated carbocycles. The summed E-state index contributed by atoms with van der Waals surface area (Å²) in [5.74, 6) is 1.07. The topological polar surface area (TPSA) is 80.7 Å². The van der Waals surface area contributed by atoms with Crippen LogP contribution in [0, 0.1) is 0 Å². The summed E-state index contributed by atoms with van der Waals surface area (Å²) in [4.78, 5) is 17.4. The number of phenols is 1. The first-order valence-corrected chi connectivity index (χ1v) is 10.3. The average molecular weight is 428 g/mol. The zero-order valence-electron chi connectivity index (χ0n) is 17.9. The zero-order valence-corrected chi connectivity index (χ0v) is 17.9. The minimum atomic E-state index is -0.601. The van der Waals surface area contributed by atoms with Gasteiger partial charge in [0.2, 0.25) is 0 Å². The van der Waals surface area contributed by atoms with Crippen molar-refractivity contribution in [2.45, 2.75) is 13.0 Å². The molecule has 0 radical (unpaired) electrons. The minimum absolute atomic E-state index is 0.0351. The van der Waals surface area contributed by atoms with Gasteiger partial charge in [0.05, 0.1) is 19.8 Å². The van der Waals surface area contributed by atoms with Crippen molar-refractivity contribution in [3.63, 3.8) is 0 Å². The molecule has 1 unspecified atom stereocenters. The number of rotatable bonds is 7. The number of carbonyl (C=O) groups is 1. The SMILES string of the molecule is CCOc1ccc(C(NC(=O)c2cccc(OC)c2)c2ccc3cccnc3c2O)cc1. The molecule has 0 bridgehead atoms. The van der Waals surface area contributed by atoms with Gasteiger partial charge in [-0.1, -0.05) is 36.4 Å². The lowest BCUT2D eigenvalue weighted by Gasteiger charge is -2.22. The number of fused-ring (bicyclic) bond motifs is 1. The Kier molecular flexibility index (Phi) is 6.22. The summed E-state index contributed by atoms with van der Waals surface area (Å²) in [6.07, 6.45) is 1.63. The van der Waals surface area contributed by atoms with Gasteiger partial charge in [0.1, 0.15) is 22.8 Å². The predicted molar refractivity (Wildman–Crippen MR) is 123 cm³/mol. The van der Waals surface area contributed by atoms with Crippen molar-refractivity contribution in [2.24, 2.45) is 0 Å². The van der Waals surface area contributed by atoms with Gasteiger partial charge in [-0.15, -0.1) is 0 Å². The van der Waals surface area contributed by atoms with E-state index in [1.54, 1.807) is 37.6 Å². The van der Waals surface area contributed by atoms with Crippen LogP contribution in [0.15, 0.2) is 79.0 Å². The second-order valence-corrected chi connectivity index (χ2v) is 7.22. The lowest BCUT2D eigenvalue weighted by atomic mass is 9.95. The molecule has 6 nitrogen and oxygen atoms in total. The van der Waals surface area contributed by atoms with E-state index in [-0.39, 0.29) is 11.7 Å². The molecule has 1 amide bonds. The monoisotopic (exact) mass is 428 g/mol. The summed E-state index contributed by atoms with van der Waals surface area (Å²) < 4.78 is 10.8. The van der Waals surface area contributed by atoms with Crippen molar-refractivity contribution < 1.29 is 19.4 Å². The van der Waals surface area contributed by atoms with Crippen LogP contribution in [0.2, 0.25) is 0 Å². The van der Waals surface area contributed by atoms with E-state index >= 15 is 0 Å². The molecule has 162 valence electrons. The number of aromatic hydroxyl groups is 1. The van der Waals surface area contributed by atoms with Crippen LogP contribution >= 0.6 is 0 Å². The maximum absolute atomic E-state index is 13.1. The molecule has 32 heavy (non-hydrogen) atoms. The summed E-state index contributed by atoms with van der Waals surface area (Å²) in [6.45, 7) is 2.48. The largest absolute Gasteiger partial charge is 0.505 e. The second-order valence-electron chi connectivity index (χ2n) is 7.22. The van der Waals surface area contributed by atoms with Gasteiger partial charge in [0, 0.05) is 22.7 Å².